The van der Waals surface area contributed by atoms with Gasteiger partial charge in [0.25, 0.3) is 0 Å². The van der Waals surface area contributed by atoms with Crippen LogP contribution in [0, 0.1) is 23.7 Å². The van der Waals surface area contributed by atoms with Crippen molar-refractivity contribution in [1.29, 1.82) is 0 Å². The van der Waals surface area contributed by atoms with Gasteiger partial charge in [0, 0.05) is 0 Å². The fourth-order valence-corrected chi connectivity index (χ4v) is 3.34. The standard InChI is InChI=1S/C31H49F/c1-12-13-14-23(4)24(5)15-16-25(6)26(7)17-18-27(8)28(9)19-20-29(10)30(11)21-31(32)22(2)3/h15-17,21,23,27-29H,2,5-6,11-14,18-20H2,1,3-4,7-10H3/b16-15-,26-17+,31-21+. The Kier molecular flexibility index (Phi) is 14.9. The lowest BCUT2D eigenvalue weighted by molar-refractivity contribution is 0.344. The molecule has 0 N–H and O–H groups in total. The van der Waals surface area contributed by atoms with Gasteiger partial charge in [-0.1, -0.05) is 97.6 Å². The Balaban J connectivity index is 4.63. The smallest absolute Gasteiger partial charge is 0.125 e. The summed E-state index contributed by atoms with van der Waals surface area (Å²) in [5.74, 6) is 1.69. The van der Waals surface area contributed by atoms with E-state index in [0.29, 0.717) is 23.3 Å². The van der Waals surface area contributed by atoms with Crippen LogP contribution in [0.15, 0.2) is 84.3 Å². The quantitative estimate of drug-likeness (QED) is 0.209. The van der Waals surface area contributed by atoms with E-state index >= 15 is 0 Å². The number of hydrogen-bond acceptors (Lipinski definition) is 0. The monoisotopic (exact) mass is 440 g/mol. The van der Waals surface area contributed by atoms with Crippen LogP contribution in [-0.4, -0.2) is 0 Å². The van der Waals surface area contributed by atoms with Crippen molar-refractivity contribution in [1.82, 2.24) is 0 Å². The van der Waals surface area contributed by atoms with Gasteiger partial charge in [-0.15, -0.1) is 0 Å². The first-order chi connectivity index (χ1) is 14.9. The van der Waals surface area contributed by atoms with Crippen LogP contribution in [0.3, 0.4) is 0 Å². The molecule has 0 amide bonds. The molecule has 0 aliphatic heterocycles. The number of rotatable bonds is 16. The maximum Gasteiger partial charge on any atom is 0.125 e. The Bertz CT molecular complexity index is 728. The van der Waals surface area contributed by atoms with Gasteiger partial charge in [0.1, 0.15) is 5.83 Å². The van der Waals surface area contributed by atoms with Crippen LogP contribution in [0.5, 0.6) is 0 Å². The molecule has 0 rings (SSSR count). The predicted octanol–water partition coefficient (Wildman–Crippen LogP) is 10.5. The van der Waals surface area contributed by atoms with Crippen molar-refractivity contribution in [3.63, 3.8) is 0 Å². The first-order valence-corrected chi connectivity index (χ1v) is 12.3. The van der Waals surface area contributed by atoms with Crippen molar-refractivity contribution in [2.45, 2.75) is 87.0 Å². The van der Waals surface area contributed by atoms with E-state index in [2.05, 4.69) is 86.1 Å². The third-order valence-corrected chi connectivity index (χ3v) is 6.80. The van der Waals surface area contributed by atoms with E-state index in [1.165, 1.54) is 36.5 Å². The van der Waals surface area contributed by atoms with Gasteiger partial charge >= 0.3 is 0 Å². The molecule has 0 heterocycles. The zero-order valence-electron chi connectivity index (χ0n) is 22.1. The van der Waals surface area contributed by atoms with Gasteiger partial charge in [0.2, 0.25) is 0 Å². The summed E-state index contributed by atoms with van der Waals surface area (Å²) in [6.45, 7) is 31.2. The molecule has 0 aliphatic rings. The van der Waals surface area contributed by atoms with Crippen molar-refractivity contribution in [2.24, 2.45) is 23.7 Å². The molecule has 4 atom stereocenters. The summed E-state index contributed by atoms with van der Waals surface area (Å²) in [5, 5.41) is 0. The van der Waals surface area contributed by atoms with Crippen molar-refractivity contribution >= 4 is 0 Å². The van der Waals surface area contributed by atoms with Gasteiger partial charge in [-0.05, 0) is 91.6 Å². The molecule has 0 aromatic rings. The highest BCUT2D eigenvalue weighted by molar-refractivity contribution is 5.38. The maximum atomic E-state index is 13.8. The molecular formula is C31H49F. The Morgan fingerprint density at radius 2 is 1.41 bits per heavy atom. The molecule has 0 aromatic carbocycles. The highest BCUT2D eigenvalue weighted by atomic mass is 19.1. The minimum absolute atomic E-state index is 0.267. The molecule has 0 aliphatic carbocycles. The lowest BCUT2D eigenvalue weighted by Crippen LogP contribution is -2.10. The van der Waals surface area contributed by atoms with Gasteiger partial charge in [-0.25, -0.2) is 4.39 Å². The van der Waals surface area contributed by atoms with Crippen LogP contribution in [0.2, 0.25) is 0 Å². The van der Waals surface area contributed by atoms with Gasteiger partial charge in [-0.3, -0.25) is 0 Å². The first kappa shape index (κ1) is 30.1. The van der Waals surface area contributed by atoms with Gasteiger partial charge in [-0.2, -0.15) is 0 Å². The maximum absolute atomic E-state index is 13.8. The average molecular weight is 441 g/mol. The molecule has 1 heteroatoms. The Labute approximate surface area is 199 Å². The third kappa shape index (κ3) is 12.2. The van der Waals surface area contributed by atoms with E-state index in [-0.39, 0.29) is 11.7 Å². The van der Waals surface area contributed by atoms with Crippen molar-refractivity contribution in [2.75, 3.05) is 0 Å². The summed E-state index contributed by atoms with van der Waals surface area (Å²) in [6.07, 6.45) is 14.9. The zero-order valence-corrected chi connectivity index (χ0v) is 22.1. The SMILES string of the molecule is C=C(/C=C\C(=C)C(C)CCCC)/C(C)=C/CC(C)C(C)CCC(C)C(=C)/C=C(/F)C(=C)C. The van der Waals surface area contributed by atoms with Crippen LogP contribution in [-0.2, 0) is 0 Å². The molecule has 0 aromatic heterocycles. The fraction of sp³-hybridized carbons (Fsp3) is 0.548. The van der Waals surface area contributed by atoms with E-state index in [0.717, 1.165) is 30.4 Å². The average Bonchev–Trinajstić information content (AvgIpc) is 2.76. The Morgan fingerprint density at radius 1 is 0.812 bits per heavy atom. The van der Waals surface area contributed by atoms with Crippen LogP contribution in [0.1, 0.15) is 87.0 Å². The molecule has 180 valence electrons. The van der Waals surface area contributed by atoms with E-state index in [4.69, 9.17) is 0 Å². The third-order valence-electron chi connectivity index (χ3n) is 6.80. The van der Waals surface area contributed by atoms with Crippen LogP contribution in [0.25, 0.3) is 0 Å². The molecule has 0 fully saturated rings. The van der Waals surface area contributed by atoms with E-state index in [9.17, 15) is 4.39 Å². The summed E-state index contributed by atoms with van der Waals surface area (Å²) in [5.41, 5.74) is 4.77. The molecule has 0 saturated heterocycles. The summed E-state index contributed by atoms with van der Waals surface area (Å²) in [7, 11) is 0. The minimum atomic E-state index is -0.267. The normalized spacial score (nSPS) is 16.5. The van der Waals surface area contributed by atoms with Crippen molar-refractivity contribution in [3.05, 3.63) is 84.3 Å². The van der Waals surface area contributed by atoms with Crippen molar-refractivity contribution < 1.29 is 4.39 Å². The lowest BCUT2D eigenvalue weighted by atomic mass is 9.84. The molecule has 0 spiro atoms. The van der Waals surface area contributed by atoms with Gasteiger partial charge in [0.05, 0.1) is 0 Å². The summed E-state index contributed by atoms with van der Waals surface area (Å²) < 4.78 is 13.8. The second kappa shape index (κ2) is 15.8. The molecular weight excluding hydrogens is 391 g/mol. The molecule has 0 radical (unpaired) electrons. The second-order valence-electron chi connectivity index (χ2n) is 9.88. The largest absolute Gasteiger partial charge is 0.207 e. The Morgan fingerprint density at radius 3 is 1.97 bits per heavy atom. The number of allylic oxidation sites excluding steroid dienone is 10. The number of hydrogen-bond donors (Lipinski definition) is 0. The summed E-state index contributed by atoms with van der Waals surface area (Å²) in [4.78, 5) is 0. The summed E-state index contributed by atoms with van der Waals surface area (Å²) in [6, 6.07) is 0. The van der Waals surface area contributed by atoms with E-state index in [1.807, 2.05) is 0 Å². The highest BCUT2D eigenvalue weighted by Gasteiger charge is 2.14. The highest BCUT2D eigenvalue weighted by Crippen LogP contribution is 2.27. The summed E-state index contributed by atoms with van der Waals surface area (Å²) >= 11 is 0. The second-order valence-corrected chi connectivity index (χ2v) is 9.88. The Hall–Kier alpha value is -1.89. The topological polar surface area (TPSA) is 0 Å². The van der Waals surface area contributed by atoms with Gasteiger partial charge < -0.3 is 0 Å². The predicted molar refractivity (Wildman–Crippen MR) is 144 cm³/mol. The number of halogens is 1. The van der Waals surface area contributed by atoms with E-state index < -0.39 is 0 Å². The minimum Gasteiger partial charge on any atom is -0.207 e. The van der Waals surface area contributed by atoms with E-state index in [1.54, 1.807) is 6.92 Å². The van der Waals surface area contributed by atoms with Gasteiger partial charge in [0.15, 0.2) is 0 Å². The first-order valence-electron chi connectivity index (χ1n) is 12.3. The molecule has 4 unspecified atom stereocenters. The lowest BCUT2D eigenvalue weighted by Gasteiger charge is -2.21. The van der Waals surface area contributed by atoms with Crippen LogP contribution < -0.4 is 0 Å². The zero-order chi connectivity index (χ0) is 24.8. The fourth-order valence-electron chi connectivity index (χ4n) is 3.34. The van der Waals surface area contributed by atoms with Crippen LogP contribution >= 0.6 is 0 Å². The number of unbranched alkanes of at least 4 members (excludes halogenated alkanes) is 1. The molecule has 0 nitrogen and oxygen atoms in total. The molecule has 0 saturated carbocycles. The van der Waals surface area contributed by atoms with Crippen molar-refractivity contribution in [3.8, 4) is 0 Å². The molecule has 0 bridgehead atoms. The molecule has 32 heavy (non-hydrogen) atoms. The van der Waals surface area contributed by atoms with Crippen LogP contribution in [0.4, 0.5) is 4.39 Å².